The van der Waals surface area contributed by atoms with Gasteiger partial charge in [-0.25, -0.2) is 4.79 Å². The van der Waals surface area contributed by atoms with E-state index in [4.69, 9.17) is 14.2 Å². The summed E-state index contributed by atoms with van der Waals surface area (Å²) in [4.78, 5) is 26.5. The van der Waals surface area contributed by atoms with Crippen LogP contribution >= 0.6 is 0 Å². The fourth-order valence-corrected chi connectivity index (χ4v) is 3.06. The number of amides is 1. The van der Waals surface area contributed by atoms with Crippen LogP contribution in [0.25, 0.3) is 0 Å². The molecule has 27 heavy (non-hydrogen) atoms. The molecule has 0 saturated carbocycles. The first kappa shape index (κ1) is 18.8. The van der Waals surface area contributed by atoms with Crippen molar-refractivity contribution < 1.29 is 23.8 Å². The van der Waals surface area contributed by atoms with Crippen molar-refractivity contribution >= 4 is 17.6 Å². The number of benzene rings is 2. The second-order valence-corrected chi connectivity index (χ2v) is 6.03. The molecule has 2 aromatic carbocycles. The van der Waals surface area contributed by atoms with Gasteiger partial charge >= 0.3 is 5.97 Å². The van der Waals surface area contributed by atoms with E-state index in [0.29, 0.717) is 36.8 Å². The lowest BCUT2D eigenvalue weighted by atomic mass is 10.2. The predicted octanol–water partition coefficient (Wildman–Crippen LogP) is 3.23. The van der Waals surface area contributed by atoms with Gasteiger partial charge in [0.2, 0.25) is 0 Å². The van der Waals surface area contributed by atoms with Gasteiger partial charge < -0.3 is 19.1 Å². The van der Waals surface area contributed by atoms with Crippen molar-refractivity contribution in [3.8, 4) is 11.5 Å². The number of esters is 1. The lowest BCUT2D eigenvalue weighted by molar-refractivity contribution is -0.121. The number of fused-ring (bicyclic) bond motifs is 1. The molecule has 0 saturated heterocycles. The Labute approximate surface area is 158 Å². The lowest BCUT2D eigenvalue weighted by Gasteiger charge is -2.17. The van der Waals surface area contributed by atoms with Crippen LogP contribution in [0.15, 0.2) is 42.5 Å². The zero-order valence-electron chi connectivity index (χ0n) is 15.6. The molecular weight excluding hydrogens is 346 g/mol. The van der Waals surface area contributed by atoms with Crippen molar-refractivity contribution in [1.29, 1.82) is 0 Å². The van der Waals surface area contributed by atoms with Gasteiger partial charge in [-0.3, -0.25) is 4.79 Å². The van der Waals surface area contributed by atoms with E-state index in [-0.39, 0.29) is 12.5 Å². The van der Waals surface area contributed by atoms with Gasteiger partial charge in [0, 0.05) is 12.2 Å². The number of carbonyl (C=O) groups excluding carboxylic acids is 2. The molecule has 1 heterocycles. The summed E-state index contributed by atoms with van der Waals surface area (Å²) in [6, 6.07) is 12.6. The summed E-state index contributed by atoms with van der Waals surface area (Å²) in [6.45, 7) is 4.98. The molecule has 0 aromatic heterocycles. The third-order valence-corrected chi connectivity index (χ3v) is 4.29. The Morgan fingerprint density at radius 2 is 1.74 bits per heavy atom. The highest BCUT2D eigenvalue weighted by molar-refractivity contribution is 5.98. The number of ether oxygens (including phenoxy) is 3. The Balaban J connectivity index is 1.64. The minimum atomic E-state index is -0.570. The van der Waals surface area contributed by atoms with Gasteiger partial charge in [-0.15, -0.1) is 0 Å². The molecule has 1 amide bonds. The molecule has 0 atom stereocenters. The summed E-state index contributed by atoms with van der Waals surface area (Å²) in [5.74, 6) is 0.248. The summed E-state index contributed by atoms with van der Waals surface area (Å²) >= 11 is 0. The van der Waals surface area contributed by atoms with Crippen LogP contribution in [-0.4, -0.2) is 38.2 Å². The smallest absolute Gasteiger partial charge is 0.338 e. The zero-order valence-corrected chi connectivity index (χ0v) is 15.6. The van der Waals surface area contributed by atoms with Crippen molar-refractivity contribution in [3.63, 3.8) is 0 Å². The van der Waals surface area contributed by atoms with Gasteiger partial charge in [0.15, 0.2) is 18.1 Å². The van der Waals surface area contributed by atoms with Gasteiger partial charge in [-0.05, 0) is 50.1 Å². The van der Waals surface area contributed by atoms with Crippen LogP contribution in [0.3, 0.4) is 0 Å². The summed E-state index contributed by atoms with van der Waals surface area (Å²) in [5.41, 5.74) is 2.33. The Morgan fingerprint density at radius 1 is 1.00 bits per heavy atom. The molecule has 0 aliphatic carbocycles. The highest BCUT2D eigenvalue weighted by Crippen LogP contribution is 2.29. The maximum absolute atomic E-state index is 12.5. The average molecular weight is 369 g/mol. The Morgan fingerprint density at radius 3 is 2.52 bits per heavy atom. The number of para-hydroxylation sites is 1. The first-order valence-corrected chi connectivity index (χ1v) is 9.09. The lowest BCUT2D eigenvalue weighted by Crippen LogP contribution is -2.33. The molecule has 1 aliphatic rings. The molecule has 142 valence electrons. The molecular formula is C21H23NO5. The van der Waals surface area contributed by atoms with Crippen molar-refractivity contribution in [1.82, 2.24) is 0 Å². The zero-order chi connectivity index (χ0) is 19.2. The van der Waals surface area contributed by atoms with E-state index in [9.17, 15) is 9.59 Å². The number of hydrogen-bond donors (Lipinski definition) is 0. The number of rotatable bonds is 7. The van der Waals surface area contributed by atoms with Gasteiger partial charge in [0.05, 0.1) is 18.8 Å². The SMILES string of the molecule is CCOc1ccc(C(=O)OCC(=O)N2CCc3ccccc32)cc1OCC. The van der Waals surface area contributed by atoms with Crippen molar-refractivity contribution in [2.24, 2.45) is 0 Å². The van der Waals surface area contributed by atoms with Crippen LogP contribution in [0.1, 0.15) is 29.8 Å². The van der Waals surface area contributed by atoms with Crippen LogP contribution in [0, 0.1) is 0 Å². The Hall–Kier alpha value is -3.02. The van der Waals surface area contributed by atoms with Gasteiger partial charge in [-0.2, -0.15) is 0 Å². The Kier molecular flexibility index (Phi) is 5.96. The van der Waals surface area contributed by atoms with Crippen molar-refractivity contribution in [3.05, 3.63) is 53.6 Å². The molecule has 0 unspecified atom stereocenters. The molecule has 1 aliphatic heterocycles. The fourth-order valence-electron chi connectivity index (χ4n) is 3.06. The maximum atomic E-state index is 12.5. The molecule has 0 radical (unpaired) electrons. The minimum Gasteiger partial charge on any atom is -0.490 e. The van der Waals surface area contributed by atoms with Crippen LogP contribution in [0.5, 0.6) is 11.5 Å². The second kappa shape index (κ2) is 8.58. The topological polar surface area (TPSA) is 65.1 Å². The van der Waals surface area contributed by atoms with E-state index in [1.54, 1.807) is 23.1 Å². The Bertz CT molecular complexity index is 833. The monoisotopic (exact) mass is 369 g/mol. The van der Waals surface area contributed by atoms with Crippen LogP contribution in [0.2, 0.25) is 0 Å². The van der Waals surface area contributed by atoms with E-state index in [2.05, 4.69) is 0 Å². The van der Waals surface area contributed by atoms with E-state index < -0.39 is 5.97 Å². The first-order valence-electron chi connectivity index (χ1n) is 9.09. The number of nitrogens with zero attached hydrogens (tertiary/aromatic N) is 1. The molecule has 0 N–H and O–H groups in total. The molecule has 0 spiro atoms. The fraction of sp³-hybridized carbons (Fsp3) is 0.333. The minimum absolute atomic E-state index is 0.232. The number of carbonyl (C=O) groups is 2. The quantitative estimate of drug-likeness (QED) is 0.701. The van der Waals surface area contributed by atoms with Gasteiger partial charge in [-0.1, -0.05) is 18.2 Å². The molecule has 0 bridgehead atoms. The summed E-state index contributed by atoms with van der Waals surface area (Å²) in [6.07, 6.45) is 0.812. The summed E-state index contributed by atoms with van der Waals surface area (Å²) in [7, 11) is 0. The normalized spacial score (nSPS) is 12.4. The van der Waals surface area contributed by atoms with Crippen molar-refractivity contribution in [2.45, 2.75) is 20.3 Å². The average Bonchev–Trinajstić information content (AvgIpc) is 3.12. The molecule has 0 fully saturated rings. The first-order chi connectivity index (χ1) is 13.1. The summed E-state index contributed by atoms with van der Waals surface area (Å²) in [5, 5.41) is 0. The largest absolute Gasteiger partial charge is 0.490 e. The second-order valence-electron chi connectivity index (χ2n) is 6.03. The molecule has 3 rings (SSSR count). The summed E-state index contributed by atoms with van der Waals surface area (Å²) < 4.78 is 16.2. The molecule has 6 nitrogen and oxygen atoms in total. The number of hydrogen-bond acceptors (Lipinski definition) is 5. The third-order valence-electron chi connectivity index (χ3n) is 4.29. The standard InChI is InChI=1S/C21H23NO5/c1-3-25-18-10-9-16(13-19(18)26-4-2)21(24)27-14-20(23)22-12-11-15-7-5-6-8-17(15)22/h5-10,13H,3-4,11-12,14H2,1-2H3. The number of anilines is 1. The van der Waals surface area contributed by atoms with Gasteiger partial charge in [0.25, 0.3) is 5.91 Å². The van der Waals surface area contributed by atoms with E-state index in [0.717, 1.165) is 17.7 Å². The molecule has 6 heteroatoms. The van der Waals surface area contributed by atoms with E-state index >= 15 is 0 Å². The van der Waals surface area contributed by atoms with Crippen LogP contribution in [0.4, 0.5) is 5.69 Å². The highest BCUT2D eigenvalue weighted by Gasteiger charge is 2.25. The van der Waals surface area contributed by atoms with Crippen molar-refractivity contribution in [2.75, 3.05) is 31.3 Å². The molecule has 2 aromatic rings. The van der Waals surface area contributed by atoms with Gasteiger partial charge in [0.1, 0.15) is 0 Å². The third kappa shape index (κ3) is 4.22. The van der Waals surface area contributed by atoms with Crippen LogP contribution < -0.4 is 14.4 Å². The highest BCUT2D eigenvalue weighted by atomic mass is 16.5. The van der Waals surface area contributed by atoms with E-state index in [1.807, 2.05) is 38.1 Å². The van der Waals surface area contributed by atoms with E-state index in [1.165, 1.54) is 0 Å². The maximum Gasteiger partial charge on any atom is 0.338 e. The van der Waals surface area contributed by atoms with Crippen LogP contribution in [-0.2, 0) is 16.0 Å². The predicted molar refractivity (Wildman–Crippen MR) is 102 cm³/mol.